The molecule has 0 aromatic heterocycles. The molecule has 0 saturated carbocycles. The van der Waals surface area contributed by atoms with Crippen LogP contribution in [0.3, 0.4) is 0 Å². The Balaban J connectivity index is 2.43. The number of hydrogen-bond acceptors (Lipinski definition) is 1. The van der Waals surface area contributed by atoms with Crippen molar-refractivity contribution in [3.63, 3.8) is 0 Å². The van der Waals surface area contributed by atoms with E-state index in [1.54, 1.807) is 0 Å². The Bertz CT molecular complexity index is 733. The first-order valence-electron chi connectivity index (χ1n) is 7.51. The van der Waals surface area contributed by atoms with Gasteiger partial charge in [0, 0.05) is 6.92 Å². The van der Waals surface area contributed by atoms with Gasteiger partial charge in [0.2, 0.25) is 0 Å². The fourth-order valence-electron chi connectivity index (χ4n) is 2.88. The lowest BCUT2D eigenvalue weighted by molar-refractivity contribution is -0.108. The van der Waals surface area contributed by atoms with Crippen molar-refractivity contribution in [2.24, 2.45) is 0 Å². The third kappa shape index (κ3) is 3.06. The van der Waals surface area contributed by atoms with Gasteiger partial charge in [-0.15, -0.1) is 0 Å². The molecule has 0 spiro atoms. The lowest BCUT2D eigenvalue weighted by Crippen LogP contribution is -2.28. The minimum absolute atomic E-state index is 0.144. The minimum Gasteiger partial charge on any atom is -0.295 e. The maximum atomic E-state index is 12.0. The van der Waals surface area contributed by atoms with Crippen LogP contribution in [0, 0.1) is 6.92 Å². The van der Waals surface area contributed by atoms with Gasteiger partial charge in [0.1, 0.15) is 0 Å². The summed E-state index contributed by atoms with van der Waals surface area (Å²) in [5, 5.41) is 3.48. The fraction of sp³-hybridized carbons (Fsp3) is 0. The Morgan fingerprint density at radius 2 is 0.957 bits per heavy atom. The van der Waals surface area contributed by atoms with Gasteiger partial charge >= 0.3 is 0 Å². The molecule has 0 fully saturated rings. The highest BCUT2D eigenvalue weighted by Crippen LogP contribution is 2.43. The molecule has 0 aliphatic carbocycles. The first-order valence-corrected chi connectivity index (χ1v) is 9.37. The van der Waals surface area contributed by atoms with Gasteiger partial charge in [0.25, 0.3) is 0 Å². The summed E-state index contributed by atoms with van der Waals surface area (Å²) in [5.74, 6) is 1.68. The van der Waals surface area contributed by atoms with Crippen molar-refractivity contribution in [1.29, 1.82) is 0 Å². The maximum absolute atomic E-state index is 12.0. The van der Waals surface area contributed by atoms with Crippen molar-refractivity contribution in [2.75, 3.05) is 0 Å². The van der Waals surface area contributed by atoms with Crippen molar-refractivity contribution >= 4 is 34.4 Å². The predicted molar refractivity (Wildman–Crippen MR) is 102 cm³/mol. The summed E-state index contributed by atoms with van der Waals surface area (Å²) in [6.45, 7) is 1.49. The monoisotopic (exact) mass is 317 g/mol. The predicted octanol–water partition coefficient (Wildman–Crippen LogP) is 3.19. The van der Waals surface area contributed by atoms with E-state index in [1.165, 1.54) is 0 Å². The molecule has 0 saturated heterocycles. The molecule has 0 unspecified atom stereocenters. The second-order valence-corrected chi connectivity index (χ2v) is 8.58. The number of carbonyl (C=O) groups excluding carboxylic acids is 1. The first kappa shape index (κ1) is 15.5. The lowest BCUT2D eigenvalue weighted by Gasteiger charge is -2.28. The molecule has 0 heterocycles. The molecule has 3 rings (SSSR count). The van der Waals surface area contributed by atoms with Crippen molar-refractivity contribution < 1.29 is 4.79 Å². The van der Waals surface area contributed by atoms with Crippen LogP contribution in [0.2, 0.25) is 0 Å². The van der Waals surface area contributed by atoms with Crippen LogP contribution >= 0.6 is 6.89 Å². The Morgan fingerprint density at radius 3 is 1.22 bits per heavy atom. The van der Waals surface area contributed by atoms with Gasteiger partial charge in [-0.3, -0.25) is 4.79 Å². The van der Waals surface area contributed by atoms with Crippen LogP contribution in [0.5, 0.6) is 0 Å². The molecule has 0 amide bonds. The molecule has 0 N–H and O–H groups in total. The number of rotatable bonds is 4. The van der Waals surface area contributed by atoms with Gasteiger partial charge in [-0.25, -0.2) is 0 Å². The molecule has 0 bridgehead atoms. The van der Waals surface area contributed by atoms with Crippen molar-refractivity contribution in [3.05, 3.63) is 97.9 Å². The summed E-state index contributed by atoms with van der Waals surface area (Å²) in [6.07, 6.45) is 0. The van der Waals surface area contributed by atoms with Crippen LogP contribution in [0.15, 0.2) is 91.0 Å². The van der Waals surface area contributed by atoms with E-state index < -0.39 is 6.89 Å². The molecular formula is C21H18OP. The first-order chi connectivity index (χ1) is 11.2. The quantitative estimate of drug-likeness (QED) is 0.676. The smallest absolute Gasteiger partial charge is 0.157 e. The molecule has 23 heavy (non-hydrogen) atoms. The largest absolute Gasteiger partial charge is 0.295 e. The Labute approximate surface area is 137 Å². The standard InChI is InChI=1S/C21H18OP/c1-18(22)17-23(19-11-5-2-6-12-19,20-13-7-3-8-14-20)21-15-9-4-10-16-21/h2-17H,1H2. The van der Waals surface area contributed by atoms with E-state index in [2.05, 4.69) is 43.3 Å². The van der Waals surface area contributed by atoms with Gasteiger partial charge in [0.05, 0.1) is 0 Å². The maximum Gasteiger partial charge on any atom is 0.157 e. The van der Waals surface area contributed by atoms with Gasteiger partial charge in [-0.1, -0.05) is 91.0 Å². The summed E-state index contributed by atoms with van der Waals surface area (Å²) in [6, 6.07) is 30.8. The summed E-state index contributed by atoms with van der Waals surface area (Å²) in [5.41, 5.74) is 0. The molecular weight excluding hydrogens is 299 g/mol. The number of ketones is 1. The van der Waals surface area contributed by atoms with E-state index in [-0.39, 0.29) is 5.78 Å². The van der Waals surface area contributed by atoms with E-state index in [4.69, 9.17) is 0 Å². The molecule has 3 aromatic rings. The normalized spacial score (nSPS) is 11.0. The highest BCUT2D eigenvalue weighted by molar-refractivity contribution is 7.95. The average Bonchev–Trinajstić information content (AvgIpc) is 2.62. The molecule has 3 aromatic carbocycles. The minimum atomic E-state index is -2.15. The fourth-order valence-corrected chi connectivity index (χ4v) is 6.58. The molecule has 1 radical (unpaired) electrons. The van der Waals surface area contributed by atoms with E-state index in [9.17, 15) is 4.79 Å². The topological polar surface area (TPSA) is 17.1 Å². The molecule has 0 atom stereocenters. The molecule has 0 aliphatic rings. The third-order valence-electron chi connectivity index (χ3n) is 3.83. The highest BCUT2D eigenvalue weighted by atomic mass is 31.2. The van der Waals surface area contributed by atoms with Crippen molar-refractivity contribution in [3.8, 4) is 0 Å². The molecule has 1 nitrogen and oxygen atoms in total. The number of Topliss-reactive ketones (excluding diaryl/α,β-unsaturated/α-hetero) is 1. The Morgan fingerprint density at radius 1 is 0.652 bits per heavy atom. The Hall–Kier alpha value is -2.37. The number of carbonyl (C=O) groups is 1. The van der Waals surface area contributed by atoms with E-state index in [0.29, 0.717) is 0 Å². The molecule has 0 aliphatic heterocycles. The van der Waals surface area contributed by atoms with E-state index >= 15 is 0 Å². The molecule has 2 heteroatoms. The zero-order chi connectivity index (χ0) is 16.1. The SMILES string of the molecule is [CH2]C(=O)C=P(c1ccccc1)(c1ccccc1)c1ccccc1. The molecule has 113 valence electrons. The number of hydrogen-bond donors (Lipinski definition) is 0. The van der Waals surface area contributed by atoms with Gasteiger partial charge in [-0.05, 0) is 28.6 Å². The van der Waals surface area contributed by atoms with Gasteiger partial charge in [-0.2, -0.15) is 0 Å². The number of benzene rings is 3. The second kappa shape index (κ2) is 6.81. The summed E-state index contributed by atoms with van der Waals surface area (Å²) in [4.78, 5) is 12.0. The zero-order valence-corrected chi connectivity index (χ0v) is 13.7. The average molecular weight is 317 g/mol. The van der Waals surface area contributed by atoms with Crippen LogP contribution in [-0.4, -0.2) is 11.6 Å². The van der Waals surface area contributed by atoms with E-state index in [0.717, 1.165) is 15.9 Å². The van der Waals surface area contributed by atoms with Crippen LogP contribution in [0.1, 0.15) is 0 Å². The zero-order valence-electron chi connectivity index (χ0n) is 12.8. The van der Waals surface area contributed by atoms with Crippen molar-refractivity contribution in [2.45, 2.75) is 0 Å². The summed E-state index contributed by atoms with van der Waals surface area (Å²) < 4.78 is 0. The van der Waals surface area contributed by atoms with Gasteiger partial charge in [0.15, 0.2) is 5.78 Å². The second-order valence-electron chi connectivity index (χ2n) is 5.32. The van der Waals surface area contributed by atoms with Crippen LogP contribution in [-0.2, 0) is 4.79 Å². The van der Waals surface area contributed by atoms with Crippen LogP contribution in [0.4, 0.5) is 0 Å². The third-order valence-corrected chi connectivity index (χ3v) is 7.84. The van der Waals surface area contributed by atoms with Crippen molar-refractivity contribution in [1.82, 2.24) is 0 Å². The van der Waals surface area contributed by atoms with E-state index in [1.807, 2.05) is 60.4 Å². The van der Waals surface area contributed by atoms with Gasteiger partial charge < -0.3 is 0 Å². The highest BCUT2D eigenvalue weighted by Gasteiger charge is 2.25. The summed E-state index contributed by atoms with van der Waals surface area (Å²) >= 11 is 0. The van der Waals surface area contributed by atoms with Crippen LogP contribution in [0.25, 0.3) is 0 Å². The lowest BCUT2D eigenvalue weighted by atomic mass is 10.4. The van der Waals surface area contributed by atoms with Crippen LogP contribution < -0.4 is 15.9 Å². The Kier molecular flexibility index (Phi) is 4.60. The summed E-state index contributed by atoms with van der Waals surface area (Å²) in [7, 11) is 0.